The van der Waals surface area contributed by atoms with Gasteiger partial charge in [0.1, 0.15) is 0 Å². The standard InChI is InChI=1S/C14H23N3OS/c1-11-17-13(10-19-11)6-8-16-14(18)5-4-12-3-2-7-15-9-12/h10,12,15H,2-9H2,1H3,(H,16,18). The molecule has 1 fully saturated rings. The quantitative estimate of drug-likeness (QED) is 0.837. The fraction of sp³-hybridized carbons (Fsp3) is 0.714. The van der Waals surface area contributed by atoms with Gasteiger partial charge >= 0.3 is 0 Å². The summed E-state index contributed by atoms with van der Waals surface area (Å²) in [6, 6.07) is 0. The molecule has 2 N–H and O–H groups in total. The zero-order valence-electron chi connectivity index (χ0n) is 11.6. The Morgan fingerprint density at radius 2 is 2.53 bits per heavy atom. The fourth-order valence-electron chi connectivity index (χ4n) is 2.45. The van der Waals surface area contributed by atoms with Crippen LogP contribution < -0.4 is 10.6 Å². The van der Waals surface area contributed by atoms with E-state index in [9.17, 15) is 4.79 Å². The van der Waals surface area contributed by atoms with Crippen LogP contribution in [0.4, 0.5) is 0 Å². The summed E-state index contributed by atoms with van der Waals surface area (Å²) in [7, 11) is 0. The second-order valence-electron chi connectivity index (χ2n) is 5.21. The van der Waals surface area contributed by atoms with Crippen LogP contribution in [0.3, 0.4) is 0 Å². The average Bonchev–Trinajstić information content (AvgIpc) is 2.83. The first-order chi connectivity index (χ1) is 9.24. The number of carbonyl (C=O) groups is 1. The summed E-state index contributed by atoms with van der Waals surface area (Å²) in [6.07, 6.45) is 5.01. The summed E-state index contributed by atoms with van der Waals surface area (Å²) in [4.78, 5) is 16.1. The number of piperidine rings is 1. The minimum absolute atomic E-state index is 0.178. The summed E-state index contributed by atoms with van der Waals surface area (Å²) < 4.78 is 0. The Morgan fingerprint density at radius 3 is 3.21 bits per heavy atom. The van der Waals surface area contributed by atoms with E-state index in [1.807, 2.05) is 6.92 Å². The van der Waals surface area contributed by atoms with Gasteiger partial charge in [0.15, 0.2) is 0 Å². The summed E-state index contributed by atoms with van der Waals surface area (Å²) >= 11 is 1.66. The Labute approximate surface area is 119 Å². The number of rotatable bonds is 6. The molecule has 2 heterocycles. The molecule has 5 heteroatoms. The highest BCUT2D eigenvalue weighted by atomic mass is 32.1. The van der Waals surface area contributed by atoms with E-state index in [4.69, 9.17) is 0 Å². The molecule has 0 bridgehead atoms. The van der Waals surface area contributed by atoms with Gasteiger partial charge in [-0.1, -0.05) is 0 Å². The van der Waals surface area contributed by atoms with Crippen molar-refractivity contribution in [3.8, 4) is 0 Å². The molecular weight excluding hydrogens is 258 g/mol. The van der Waals surface area contributed by atoms with Crippen LogP contribution in [0.25, 0.3) is 0 Å². The third kappa shape index (κ3) is 5.28. The van der Waals surface area contributed by atoms with Crippen LogP contribution in [0.15, 0.2) is 5.38 Å². The number of nitrogens with zero attached hydrogens (tertiary/aromatic N) is 1. The minimum atomic E-state index is 0.178. The Hall–Kier alpha value is -0.940. The highest BCUT2D eigenvalue weighted by Crippen LogP contribution is 2.15. The van der Waals surface area contributed by atoms with E-state index in [-0.39, 0.29) is 5.91 Å². The number of aromatic nitrogens is 1. The predicted octanol–water partition coefficient (Wildman–Crippen LogP) is 1.89. The predicted molar refractivity (Wildman–Crippen MR) is 78.4 cm³/mol. The third-order valence-electron chi connectivity index (χ3n) is 3.55. The lowest BCUT2D eigenvalue weighted by Gasteiger charge is -2.22. The van der Waals surface area contributed by atoms with Crippen molar-refractivity contribution in [2.75, 3.05) is 19.6 Å². The van der Waals surface area contributed by atoms with E-state index in [2.05, 4.69) is 21.0 Å². The Morgan fingerprint density at radius 1 is 1.63 bits per heavy atom. The van der Waals surface area contributed by atoms with E-state index in [0.717, 1.165) is 36.6 Å². The van der Waals surface area contributed by atoms with E-state index in [1.54, 1.807) is 11.3 Å². The van der Waals surface area contributed by atoms with Gasteiger partial charge in [0.25, 0.3) is 0 Å². The van der Waals surface area contributed by atoms with Crippen molar-refractivity contribution in [3.05, 3.63) is 16.1 Å². The molecular formula is C14H23N3OS. The second-order valence-corrected chi connectivity index (χ2v) is 6.27. The van der Waals surface area contributed by atoms with Crippen molar-refractivity contribution in [1.29, 1.82) is 0 Å². The number of hydrogen-bond donors (Lipinski definition) is 2. The molecule has 2 rings (SSSR count). The van der Waals surface area contributed by atoms with E-state index >= 15 is 0 Å². The SMILES string of the molecule is Cc1nc(CCNC(=O)CCC2CCCNC2)cs1. The number of thiazole rings is 1. The maximum Gasteiger partial charge on any atom is 0.220 e. The molecule has 0 radical (unpaired) electrons. The molecule has 0 saturated carbocycles. The lowest BCUT2D eigenvalue weighted by Crippen LogP contribution is -2.31. The van der Waals surface area contributed by atoms with Crippen LogP contribution in [0.5, 0.6) is 0 Å². The largest absolute Gasteiger partial charge is 0.356 e. The molecule has 1 aliphatic heterocycles. The van der Waals surface area contributed by atoms with Gasteiger partial charge in [-0.05, 0) is 45.2 Å². The van der Waals surface area contributed by atoms with Crippen molar-refractivity contribution in [2.24, 2.45) is 5.92 Å². The van der Waals surface area contributed by atoms with Crippen molar-refractivity contribution < 1.29 is 4.79 Å². The first kappa shape index (κ1) is 14.5. The second kappa shape index (κ2) is 7.60. The number of nitrogens with one attached hydrogen (secondary N) is 2. The molecule has 1 saturated heterocycles. The minimum Gasteiger partial charge on any atom is -0.356 e. The van der Waals surface area contributed by atoms with Gasteiger partial charge in [0, 0.05) is 24.8 Å². The van der Waals surface area contributed by atoms with Crippen LogP contribution >= 0.6 is 11.3 Å². The van der Waals surface area contributed by atoms with Gasteiger partial charge in [-0.2, -0.15) is 0 Å². The maximum atomic E-state index is 11.7. The van der Waals surface area contributed by atoms with E-state index in [1.165, 1.54) is 12.8 Å². The summed E-state index contributed by atoms with van der Waals surface area (Å²) in [5.74, 6) is 0.859. The summed E-state index contributed by atoms with van der Waals surface area (Å²) in [5, 5.41) is 9.53. The molecule has 4 nitrogen and oxygen atoms in total. The monoisotopic (exact) mass is 281 g/mol. The van der Waals surface area contributed by atoms with Gasteiger partial charge < -0.3 is 10.6 Å². The molecule has 0 spiro atoms. The van der Waals surface area contributed by atoms with Crippen molar-refractivity contribution in [3.63, 3.8) is 0 Å². The number of carbonyl (C=O) groups excluding carboxylic acids is 1. The molecule has 1 aromatic rings. The Kier molecular flexibility index (Phi) is 5.79. The molecule has 1 unspecified atom stereocenters. The van der Waals surface area contributed by atoms with Crippen LogP contribution in [0, 0.1) is 12.8 Å². The number of amides is 1. The highest BCUT2D eigenvalue weighted by Gasteiger charge is 2.14. The van der Waals surface area contributed by atoms with Crippen LogP contribution in [0.2, 0.25) is 0 Å². The van der Waals surface area contributed by atoms with E-state index in [0.29, 0.717) is 18.9 Å². The van der Waals surface area contributed by atoms with Crippen molar-refractivity contribution in [2.45, 2.75) is 39.0 Å². The summed E-state index contributed by atoms with van der Waals surface area (Å²) in [5.41, 5.74) is 1.08. The van der Waals surface area contributed by atoms with Crippen LogP contribution in [-0.4, -0.2) is 30.5 Å². The molecule has 106 valence electrons. The Bertz CT molecular complexity index is 399. The van der Waals surface area contributed by atoms with Crippen LogP contribution in [0.1, 0.15) is 36.4 Å². The van der Waals surface area contributed by atoms with E-state index < -0.39 is 0 Å². The zero-order valence-corrected chi connectivity index (χ0v) is 12.4. The molecule has 1 aliphatic rings. The summed E-state index contributed by atoms with van der Waals surface area (Å²) in [6.45, 7) is 4.91. The highest BCUT2D eigenvalue weighted by molar-refractivity contribution is 7.09. The average molecular weight is 281 g/mol. The van der Waals surface area contributed by atoms with Crippen molar-refractivity contribution in [1.82, 2.24) is 15.6 Å². The van der Waals surface area contributed by atoms with Crippen molar-refractivity contribution >= 4 is 17.2 Å². The molecule has 1 amide bonds. The molecule has 0 aromatic carbocycles. The number of hydrogen-bond acceptors (Lipinski definition) is 4. The van der Waals surface area contributed by atoms with Crippen LogP contribution in [-0.2, 0) is 11.2 Å². The topological polar surface area (TPSA) is 54.0 Å². The van der Waals surface area contributed by atoms with Gasteiger partial charge in [-0.3, -0.25) is 4.79 Å². The normalized spacial score (nSPS) is 19.3. The lowest BCUT2D eigenvalue weighted by atomic mass is 9.94. The zero-order chi connectivity index (χ0) is 13.5. The molecule has 1 aromatic heterocycles. The number of aryl methyl sites for hydroxylation is 1. The molecule has 0 aliphatic carbocycles. The fourth-order valence-corrected chi connectivity index (χ4v) is 3.09. The maximum absolute atomic E-state index is 11.7. The lowest BCUT2D eigenvalue weighted by molar-refractivity contribution is -0.121. The molecule has 19 heavy (non-hydrogen) atoms. The van der Waals surface area contributed by atoms with Gasteiger partial charge in [-0.15, -0.1) is 11.3 Å². The first-order valence-corrected chi connectivity index (χ1v) is 8.00. The van der Waals surface area contributed by atoms with Gasteiger partial charge in [0.2, 0.25) is 5.91 Å². The smallest absolute Gasteiger partial charge is 0.220 e. The Balaban J connectivity index is 1.56. The molecule has 1 atom stereocenters. The third-order valence-corrected chi connectivity index (χ3v) is 4.37. The first-order valence-electron chi connectivity index (χ1n) is 7.12. The van der Waals surface area contributed by atoms with Gasteiger partial charge in [0.05, 0.1) is 10.7 Å². The van der Waals surface area contributed by atoms with Gasteiger partial charge in [-0.25, -0.2) is 4.98 Å².